The van der Waals surface area contributed by atoms with Crippen LogP contribution in [0.2, 0.25) is 0 Å². The molecule has 0 bridgehead atoms. The molecule has 3 aromatic rings. The molecule has 94 valence electrons. The molecule has 0 aliphatic heterocycles. The maximum absolute atomic E-state index is 11.0. The lowest BCUT2D eigenvalue weighted by molar-refractivity contribution is 0.112. The van der Waals surface area contributed by atoms with E-state index >= 15 is 0 Å². The minimum atomic E-state index is 0.339. The highest BCUT2D eigenvalue weighted by atomic mass is 16.5. The summed E-state index contributed by atoms with van der Waals surface area (Å²) < 4.78 is 6.92. The average Bonchev–Trinajstić information content (AvgIpc) is 2.86. The molecule has 0 saturated heterocycles. The molecule has 3 rings (SSSR count). The molecule has 0 spiro atoms. The second-order valence-corrected chi connectivity index (χ2v) is 3.98. The number of methoxy groups -OCH3 is 1. The molecule has 0 radical (unpaired) electrons. The Balaban J connectivity index is 2.21. The predicted molar refractivity (Wildman–Crippen MR) is 70.4 cm³/mol. The zero-order chi connectivity index (χ0) is 13.2. The molecule has 0 N–H and O–H groups in total. The lowest BCUT2D eigenvalue weighted by Crippen LogP contribution is -1.90. The highest BCUT2D eigenvalue weighted by Gasteiger charge is 2.12. The van der Waals surface area contributed by atoms with Crippen molar-refractivity contribution in [3.8, 4) is 17.1 Å². The number of hydrogen-bond donors (Lipinski definition) is 0. The summed E-state index contributed by atoms with van der Waals surface area (Å²) in [7, 11) is 1.62. The Kier molecular flexibility index (Phi) is 2.72. The van der Waals surface area contributed by atoms with E-state index in [1.807, 2.05) is 30.5 Å². The van der Waals surface area contributed by atoms with E-state index in [9.17, 15) is 4.79 Å². The monoisotopic (exact) mass is 253 g/mol. The highest BCUT2D eigenvalue weighted by Crippen LogP contribution is 2.23. The van der Waals surface area contributed by atoms with Gasteiger partial charge in [-0.25, -0.2) is 9.97 Å². The van der Waals surface area contributed by atoms with Crippen LogP contribution in [0.1, 0.15) is 10.5 Å². The van der Waals surface area contributed by atoms with Crippen molar-refractivity contribution in [2.75, 3.05) is 7.11 Å². The number of aldehydes is 1. The minimum Gasteiger partial charge on any atom is -0.497 e. The quantitative estimate of drug-likeness (QED) is 0.671. The number of carbonyl (C=O) groups is 1. The minimum absolute atomic E-state index is 0.339. The van der Waals surface area contributed by atoms with E-state index in [0.29, 0.717) is 17.2 Å². The summed E-state index contributed by atoms with van der Waals surface area (Å²) in [4.78, 5) is 19.5. The lowest BCUT2D eigenvalue weighted by Gasteiger charge is -2.02. The Hall–Kier alpha value is -2.69. The number of aromatic nitrogens is 3. The largest absolute Gasteiger partial charge is 0.497 e. The van der Waals surface area contributed by atoms with Crippen LogP contribution in [-0.2, 0) is 0 Å². The summed E-state index contributed by atoms with van der Waals surface area (Å²) in [5.74, 6) is 1.46. The molecule has 0 aliphatic carbocycles. The van der Waals surface area contributed by atoms with Crippen LogP contribution < -0.4 is 4.74 Å². The maximum atomic E-state index is 11.0. The lowest BCUT2D eigenvalue weighted by atomic mass is 10.2. The zero-order valence-electron chi connectivity index (χ0n) is 10.3. The Morgan fingerprint density at radius 1 is 1.26 bits per heavy atom. The second kappa shape index (κ2) is 4.53. The van der Waals surface area contributed by atoms with Crippen LogP contribution in [0.25, 0.3) is 17.0 Å². The molecular formula is C14H11N3O2. The van der Waals surface area contributed by atoms with Crippen LogP contribution in [-0.4, -0.2) is 27.8 Å². The molecule has 0 amide bonds. The Morgan fingerprint density at radius 3 is 2.74 bits per heavy atom. The third kappa shape index (κ3) is 1.85. The predicted octanol–water partition coefficient (Wildman–Crippen LogP) is 2.22. The van der Waals surface area contributed by atoms with Gasteiger partial charge in [-0.05, 0) is 30.3 Å². The van der Waals surface area contributed by atoms with Crippen molar-refractivity contribution in [2.24, 2.45) is 0 Å². The number of carbonyl (C=O) groups excluding carboxylic acids is 1. The van der Waals surface area contributed by atoms with E-state index in [-0.39, 0.29) is 0 Å². The van der Waals surface area contributed by atoms with Gasteiger partial charge in [0.25, 0.3) is 0 Å². The molecule has 0 saturated carbocycles. The van der Waals surface area contributed by atoms with E-state index < -0.39 is 0 Å². The molecule has 19 heavy (non-hydrogen) atoms. The van der Waals surface area contributed by atoms with E-state index in [1.165, 1.54) is 0 Å². The molecule has 0 aliphatic rings. The first-order valence-corrected chi connectivity index (χ1v) is 5.76. The highest BCUT2D eigenvalue weighted by molar-refractivity contribution is 5.84. The SMILES string of the molecule is COc1ccc(-c2nc(C=O)c3ncccn23)cc1. The van der Waals surface area contributed by atoms with Gasteiger partial charge in [0.15, 0.2) is 11.9 Å². The fourth-order valence-electron chi connectivity index (χ4n) is 1.97. The first kappa shape index (κ1) is 11.4. The molecule has 2 aromatic heterocycles. The molecule has 1 aromatic carbocycles. The third-order valence-corrected chi connectivity index (χ3v) is 2.89. The van der Waals surface area contributed by atoms with Gasteiger partial charge in [0.05, 0.1) is 7.11 Å². The van der Waals surface area contributed by atoms with Crippen LogP contribution in [0.4, 0.5) is 0 Å². The standard InChI is InChI=1S/C14H11N3O2/c1-19-11-5-3-10(4-6-11)13-16-12(9-18)14-15-7-2-8-17(13)14/h2-9H,1H3. The van der Waals surface area contributed by atoms with Gasteiger partial charge in [0.1, 0.15) is 17.3 Å². The molecule has 2 heterocycles. The van der Waals surface area contributed by atoms with Crippen LogP contribution in [0.3, 0.4) is 0 Å². The van der Waals surface area contributed by atoms with Gasteiger partial charge in [0.2, 0.25) is 0 Å². The van der Waals surface area contributed by atoms with E-state index in [1.54, 1.807) is 23.8 Å². The first-order valence-electron chi connectivity index (χ1n) is 5.76. The molecule has 0 unspecified atom stereocenters. The van der Waals surface area contributed by atoms with Crippen molar-refractivity contribution >= 4 is 11.9 Å². The molecular weight excluding hydrogens is 242 g/mol. The van der Waals surface area contributed by atoms with Gasteiger partial charge in [-0.1, -0.05) is 0 Å². The van der Waals surface area contributed by atoms with Crippen molar-refractivity contribution in [2.45, 2.75) is 0 Å². The van der Waals surface area contributed by atoms with Gasteiger partial charge < -0.3 is 4.74 Å². The summed E-state index contributed by atoms with van der Waals surface area (Å²) in [6.07, 6.45) is 4.19. The number of hydrogen-bond acceptors (Lipinski definition) is 4. The Labute approximate surface area is 109 Å². The average molecular weight is 253 g/mol. The maximum Gasteiger partial charge on any atom is 0.172 e. The summed E-state index contributed by atoms with van der Waals surface area (Å²) in [5.41, 5.74) is 1.80. The van der Waals surface area contributed by atoms with Crippen LogP contribution in [0, 0.1) is 0 Å². The van der Waals surface area contributed by atoms with Crippen LogP contribution >= 0.6 is 0 Å². The smallest absolute Gasteiger partial charge is 0.172 e. The van der Waals surface area contributed by atoms with Crippen molar-refractivity contribution in [1.29, 1.82) is 0 Å². The second-order valence-electron chi connectivity index (χ2n) is 3.98. The van der Waals surface area contributed by atoms with Crippen molar-refractivity contribution in [3.05, 3.63) is 48.4 Å². The number of ether oxygens (including phenoxy) is 1. The topological polar surface area (TPSA) is 56.5 Å². The van der Waals surface area contributed by atoms with Gasteiger partial charge in [0, 0.05) is 18.0 Å². The summed E-state index contributed by atoms with van der Waals surface area (Å²) in [6, 6.07) is 9.31. The van der Waals surface area contributed by atoms with Crippen LogP contribution in [0.5, 0.6) is 5.75 Å². The van der Waals surface area contributed by atoms with E-state index in [4.69, 9.17) is 4.74 Å². The number of rotatable bonds is 3. The number of benzene rings is 1. The number of imidazole rings is 1. The summed E-state index contributed by atoms with van der Waals surface area (Å²) >= 11 is 0. The van der Waals surface area contributed by atoms with Crippen molar-refractivity contribution < 1.29 is 9.53 Å². The van der Waals surface area contributed by atoms with E-state index in [2.05, 4.69) is 9.97 Å². The van der Waals surface area contributed by atoms with Gasteiger partial charge in [-0.3, -0.25) is 9.20 Å². The Bertz CT molecular complexity index is 732. The number of nitrogens with zero attached hydrogens (tertiary/aromatic N) is 3. The van der Waals surface area contributed by atoms with E-state index in [0.717, 1.165) is 17.6 Å². The van der Waals surface area contributed by atoms with Crippen molar-refractivity contribution in [3.63, 3.8) is 0 Å². The zero-order valence-corrected chi connectivity index (χ0v) is 10.3. The normalized spacial score (nSPS) is 10.6. The van der Waals surface area contributed by atoms with Gasteiger partial charge in [-0.2, -0.15) is 0 Å². The molecule has 0 atom stereocenters. The number of fused-ring (bicyclic) bond motifs is 1. The van der Waals surface area contributed by atoms with Crippen molar-refractivity contribution in [1.82, 2.24) is 14.4 Å². The fraction of sp³-hybridized carbons (Fsp3) is 0.0714. The van der Waals surface area contributed by atoms with Gasteiger partial charge >= 0.3 is 0 Å². The summed E-state index contributed by atoms with van der Waals surface area (Å²) in [6.45, 7) is 0. The molecule has 5 nitrogen and oxygen atoms in total. The summed E-state index contributed by atoms with van der Waals surface area (Å²) in [5, 5.41) is 0. The first-order chi connectivity index (χ1) is 9.33. The van der Waals surface area contributed by atoms with Crippen LogP contribution in [0.15, 0.2) is 42.7 Å². The fourth-order valence-corrected chi connectivity index (χ4v) is 1.97. The molecule has 0 fully saturated rings. The van der Waals surface area contributed by atoms with Gasteiger partial charge in [-0.15, -0.1) is 0 Å². The third-order valence-electron chi connectivity index (χ3n) is 2.89. The molecule has 5 heteroatoms. The Morgan fingerprint density at radius 2 is 2.05 bits per heavy atom.